The number of nitro benzene ring substituents is 1. The number of hydrogen-bond acceptors (Lipinski definition) is 5. The van der Waals surface area contributed by atoms with Crippen LogP contribution in [-0.2, 0) is 22.7 Å². The van der Waals surface area contributed by atoms with Gasteiger partial charge in [0.25, 0.3) is 11.6 Å². The summed E-state index contributed by atoms with van der Waals surface area (Å²) < 4.78 is 5.73. The van der Waals surface area contributed by atoms with Gasteiger partial charge in [-0.1, -0.05) is 42.5 Å². The summed E-state index contributed by atoms with van der Waals surface area (Å²) in [6.45, 7) is 5.59. The molecule has 1 amide bonds. The molecule has 0 bridgehead atoms. The first-order valence-corrected chi connectivity index (χ1v) is 9.43. The van der Waals surface area contributed by atoms with Crippen molar-refractivity contribution in [3.05, 3.63) is 75.8 Å². The molecule has 1 heterocycles. The number of nitrogens with zero attached hydrogens (tertiary/aromatic N) is 3. The lowest BCUT2D eigenvalue weighted by Gasteiger charge is -2.35. The Morgan fingerprint density at radius 3 is 2.43 bits per heavy atom. The van der Waals surface area contributed by atoms with Crippen LogP contribution in [0, 0.1) is 10.1 Å². The average Bonchev–Trinajstić information content (AvgIpc) is 2.73. The van der Waals surface area contributed by atoms with E-state index >= 15 is 0 Å². The van der Waals surface area contributed by atoms with Crippen LogP contribution in [0.1, 0.15) is 18.1 Å². The van der Waals surface area contributed by atoms with Crippen LogP contribution in [0.25, 0.3) is 0 Å². The molecule has 1 unspecified atom stereocenters. The summed E-state index contributed by atoms with van der Waals surface area (Å²) in [7, 11) is 0. The SMILES string of the molecule is CC(OCc1ccccc1)C(=O)N1CCN(Cc2cccc([N+](=O)[O-])c2)CC1. The Hall–Kier alpha value is -2.77. The van der Waals surface area contributed by atoms with Crippen LogP contribution < -0.4 is 0 Å². The maximum absolute atomic E-state index is 12.6. The molecule has 3 rings (SSSR count). The largest absolute Gasteiger partial charge is 0.364 e. The maximum Gasteiger partial charge on any atom is 0.269 e. The third kappa shape index (κ3) is 5.37. The van der Waals surface area contributed by atoms with Crippen LogP contribution in [0.15, 0.2) is 54.6 Å². The summed E-state index contributed by atoms with van der Waals surface area (Å²) in [6.07, 6.45) is -0.483. The molecule has 2 aromatic carbocycles. The fraction of sp³-hybridized carbons (Fsp3) is 0.381. The number of benzene rings is 2. The smallest absolute Gasteiger partial charge is 0.269 e. The predicted octanol–water partition coefficient (Wildman–Crippen LogP) is 2.84. The number of rotatable bonds is 7. The van der Waals surface area contributed by atoms with Crippen molar-refractivity contribution >= 4 is 11.6 Å². The zero-order valence-electron chi connectivity index (χ0n) is 16.0. The van der Waals surface area contributed by atoms with Crippen LogP contribution in [0.2, 0.25) is 0 Å². The van der Waals surface area contributed by atoms with Crippen molar-refractivity contribution in [3.63, 3.8) is 0 Å². The number of hydrogen-bond donors (Lipinski definition) is 0. The standard InChI is InChI=1S/C21H25N3O4/c1-17(28-16-18-6-3-2-4-7-18)21(25)23-12-10-22(11-13-23)15-19-8-5-9-20(14-19)24(26)27/h2-9,14,17H,10-13,15-16H2,1H3. The molecular formula is C21H25N3O4. The Labute approximate surface area is 164 Å². The molecule has 0 aliphatic carbocycles. The Bertz CT molecular complexity index is 804. The molecule has 1 aliphatic heterocycles. The molecule has 0 saturated carbocycles. The highest BCUT2D eigenvalue weighted by molar-refractivity contribution is 5.80. The van der Waals surface area contributed by atoms with E-state index in [4.69, 9.17) is 4.74 Å². The second-order valence-corrected chi connectivity index (χ2v) is 6.97. The fourth-order valence-electron chi connectivity index (χ4n) is 3.28. The number of nitro groups is 1. The summed E-state index contributed by atoms with van der Waals surface area (Å²) in [5.41, 5.74) is 2.06. The van der Waals surface area contributed by atoms with Crippen molar-refractivity contribution in [3.8, 4) is 0 Å². The second kappa shape index (κ2) is 9.43. The molecule has 0 spiro atoms. The van der Waals surface area contributed by atoms with Gasteiger partial charge < -0.3 is 9.64 Å². The van der Waals surface area contributed by atoms with E-state index in [9.17, 15) is 14.9 Å². The first kappa shape index (κ1) is 20.0. The molecular weight excluding hydrogens is 358 g/mol. The Morgan fingerprint density at radius 1 is 1.07 bits per heavy atom. The zero-order chi connectivity index (χ0) is 19.9. The number of carbonyl (C=O) groups is 1. The van der Waals surface area contributed by atoms with Gasteiger partial charge in [0.15, 0.2) is 0 Å². The third-order valence-electron chi connectivity index (χ3n) is 4.90. The minimum Gasteiger partial charge on any atom is -0.364 e. The molecule has 2 aromatic rings. The van der Waals surface area contributed by atoms with Gasteiger partial charge in [-0.25, -0.2) is 0 Å². The van der Waals surface area contributed by atoms with Gasteiger partial charge in [-0.05, 0) is 18.1 Å². The number of piperazine rings is 1. The predicted molar refractivity (Wildman–Crippen MR) is 106 cm³/mol. The molecule has 0 N–H and O–H groups in total. The average molecular weight is 383 g/mol. The summed E-state index contributed by atoms with van der Waals surface area (Å²) in [5, 5.41) is 10.9. The van der Waals surface area contributed by atoms with Crippen molar-refractivity contribution in [1.29, 1.82) is 0 Å². The van der Waals surface area contributed by atoms with Gasteiger partial charge in [0, 0.05) is 44.9 Å². The molecule has 1 aliphatic rings. The maximum atomic E-state index is 12.6. The van der Waals surface area contributed by atoms with Crippen LogP contribution in [0.5, 0.6) is 0 Å². The minimum absolute atomic E-state index is 0.00549. The van der Waals surface area contributed by atoms with Gasteiger partial charge in [-0.3, -0.25) is 19.8 Å². The van der Waals surface area contributed by atoms with E-state index in [2.05, 4.69) is 4.90 Å². The fourth-order valence-corrected chi connectivity index (χ4v) is 3.28. The van der Waals surface area contributed by atoms with E-state index in [-0.39, 0.29) is 16.5 Å². The quantitative estimate of drug-likeness (QED) is 0.543. The van der Waals surface area contributed by atoms with Gasteiger partial charge in [0.1, 0.15) is 6.10 Å². The van der Waals surface area contributed by atoms with Crippen LogP contribution >= 0.6 is 0 Å². The highest BCUT2D eigenvalue weighted by Gasteiger charge is 2.25. The van der Waals surface area contributed by atoms with Crippen molar-refractivity contribution in [1.82, 2.24) is 9.80 Å². The van der Waals surface area contributed by atoms with Crippen molar-refractivity contribution in [2.75, 3.05) is 26.2 Å². The molecule has 7 nitrogen and oxygen atoms in total. The Morgan fingerprint density at radius 2 is 1.75 bits per heavy atom. The van der Waals surface area contributed by atoms with Crippen LogP contribution in [0.3, 0.4) is 0 Å². The number of non-ortho nitro benzene ring substituents is 1. The normalized spacial score (nSPS) is 16.0. The molecule has 1 fully saturated rings. The lowest BCUT2D eigenvalue weighted by atomic mass is 10.1. The summed E-state index contributed by atoms with van der Waals surface area (Å²) >= 11 is 0. The summed E-state index contributed by atoms with van der Waals surface area (Å²) in [4.78, 5) is 27.2. The lowest BCUT2D eigenvalue weighted by molar-refractivity contribution is -0.384. The zero-order valence-corrected chi connectivity index (χ0v) is 16.0. The van der Waals surface area contributed by atoms with Crippen LogP contribution in [0.4, 0.5) is 5.69 Å². The van der Waals surface area contributed by atoms with E-state index in [0.29, 0.717) is 26.2 Å². The van der Waals surface area contributed by atoms with E-state index in [1.807, 2.05) is 41.3 Å². The van der Waals surface area contributed by atoms with Gasteiger partial charge >= 0.3 is 0 Å². The first-order chi connectivity index (χ1) is 13.5. The first-order valence-electron chi connectivity index (χ1n) is 9.43. The summed E-state index contributed by atoms with van der Waals surface area (Å²) in [6, 6.07) is 16.5. The lowest BCUT2D eigenvalue weighted by Crippen LogP contribution is -2.51. The Kier molecular flexibility index (Phi) is 6.73. The number of carbonyl (C=O) groups excluding carboxylic acids is 1. The highest BCUT2D eigenvalue weighted by atomic mass is 16.6. The monoisotopic (exact) mass is 383 g/mol. The third-order valence-corrected chi connectivity index (χ3v) is 4.90. The molecule has 28 heavy (non-hydrogen) atoms. The molecule has 1 saturated heterocycles. The van der Waals surface area contributed by atoms with Gasteiger partial charge in [0.2, 0.25) is 0 Å². The Balaban J connectivity index is 1.46. The van der Waals surface area contributed by atoms with Gasteiger partial charge in [-0.15, -0.1) is 0 Å². The van der Waals surface area contributed by atoms with E-state index in [1.165, 1.54) is 6.07 Å². The molecule has 0 aromatic heterocycles. The van der Waals surface area contributed by atoms with Crippen molar-refractivity contribution in [2.24, 2.45) is 0 Å². The minimum atomic E-state index is -0.483. The molecule has 1 atom stereocenters. The second-order valence-electron chi connectivity index (χ2n) is 6.97. The number of ether oxygens (including phenoxy) is 1. The number of amides is 1. The highest BCUT2D eigenvalue weighted by Crippen LogP contribution is 2.16. The van der Waals surface area contributed by atoms with E-state index in [1.54, 1.807) is 19.1 Å². The van der Waals surface area contributed by atoms with Crippen molar-refractivity contribution < 1.29 is 14.5 Å². The van der Waals surface area contributed by atoms with Crippen LogP contribution in [-0.4, -0.2) is 52.9 Å². The van der Waals surface area contributed by atoms with E-state index < -0.39 is 6.10 Å². The van der Waals surface area contributed by atoms with Gasteiger partial charge in [0.05, 0.1) is 11.5 Å². The van der Waals surface area contributed by atoms with Crippen molar-refractivity contribution in [2.45, 2.75) is 26.2 Å². The summed E-state index contributed by atoms with van der Waals surface area (Å²) in [5.74, 6) is 0.00549. The molecule has 148 valence electrons. The molecule has 7 heteroatoms. The van der Waals surface area contributed by atoms with E-state index in [0.717, 1.165) is 24.2 Å². The van der Waals surface area contributed by atoms with Gasteiger partial charge in [-0.2, -0.15) is 0 Å². The topological polar surface area (TPSA) is 75.9 Å². The molecule has 0 radical (unpaired) electrons.